The van der Waals surface area contributed by atoms with Crippen LogP contribution in [0.5, 0.6) is 0 Å². The van der Waals surface area contributed by atoms with Crippen molar-refractivity contribution in [1.82, 2.24) is 4.90 Å². The second kappa shape index (κ2) is 6.36. The lowest BCUT2D eigenvalue weighted by atomic mass is 10.3. The van der Waals surface area contributed by atoms with E-state index in [0.717, 1.165) is 25.2 Å². The molecule has 1 N–H and O–H groups in total. The van der Waals surface area contributed by atoms with Crippen molar-refractivity contribution in [1.29, 1.82) is 0 Å². The molecule has 0 amide bonds. The molecule has 1 aromatic carbocycles. The smallest absolute Gasteiger partial charge is 0.137 e. The second-order valence-electron chi connectivity index (χ2n) is 4.46. The number of hydrogen-bond donors (Lipinski definition) is 1. The highest BCUT2D eigenvalue weighted by Crippen LogP contribution is 2.19. The number of hydrogen-bond acceptors (Lipinski definition) is 2. The van der Waals surface area contributed by atoms with Crippen molar-refractivity contribution in [2.45, 2.75) is 19.3 Å². The second-order valence-corrected chi connectivity index (χ2v) is 5.31. The topological polar surface area (TPSA) is 15.3 Å². The molecule has 0 saturated carbocycles. The van der Waals surface area contributed by atoms with Crippen LogP contribution in [-0.4, -0.2) is 31.1 Å². The number of rotatable bonds is 5. The summed E-state index contributed by atoms with van der Waals surface area (Å²) < 4.78 is 13.5. The van der Waals surface area contributed by atoms with Crippen LogP contribution >= 0.6 is 15.9 Å². The predicted octanol–water partition coefficient (Wildman–Crippen LogP) is 3.49. The highest BCUT2D eigenvalue weighted by atomic mass is 79.9. The van der Waals surface area contributed by atoms with E-state index in [9.17, 15) is 4.39 Å². The normalized spacial score (nSPS) is 16.4. The standard InChI is InChI=1S/C13H18BrFN2/c14-12-10-11(4-5-13(12)15)16-6-3-9-17-7-1-2-8-17/h4-5,10,16H,1-3,6-9H2. The van der Waals surface area contributed by atoms with E-state index in [1.165, 1.54) is 32.0 Å². The zero-order chi connectivity index (χ0) is 12.1. The maximum absolute atomic E-state index is 13.0. The Hall–Kier alpha value is -0.610. The fourth-order valence-corrected chi connectivity index (χ4v) is 2.53. The van der Waals surface area contributed by atoms with E-state index in [-0.39, 0.29) is 5.82 Å². The molecule has 0 bridgehead atoms. The molecule has 1 aliphatic rings. The van der Waals surface area contributed by atoms with Crippen LogP contribution in [0.4, 0.5) is 10.1 Å². The van der Waals surface area contributed by atoms with E-state index in [1.54, 1.807) is 12.1 Å². The molecule has 1 aliphatic heterocycles. The van der Waals surface area contributed by atoms with Crippen LogP contribution in [0, 0.1) is 5.82 Å². The predicted molar refractivity (Wildman–Crippen MR) is 72.9 cm³/mol. The van der Waals surface area contributed by atoms with E-state index in [2.05, 4.69) is 26.1 Å². The zero-order valence-electron chi connectivity index (χ0n) is 9.88. The van der Waals surface area contributed by atoms with Crippen LogP contribution in [0.2, 0.25) is 0 Å². The van der Waals surface area contributed by atoms with Crippen LogP contribution in [0.25, 0.3) is 0 Å². The van der Waals surface area contributed by atoms with Crippen LogP contribution in [0.15, 0.2) is 22.7 Å². The van der Waals surface area contributed by atoms with Gasteiger partial charge in [0, 0.05) is 12.2 Å². The maximum Gasteiger partial charge on any atom is 0.137 e. The van der Waals surface area contributed by atoms with Gasteiger partial charge in [-0.2, -0.15) is 0 Å². The maximum atomic E-state index is 13.0. The van der Waals surface area contributed by atoms with Crippen molar-refractivity contribution < 1.29 is 4.39 Å². The van der Waals surface area contributed by atoms with Gasteiger partial charge in [0.1, 0.15) is 5.82 Å². The molecule has 1 aromatic rings. The SMILES string of the molecule is Fc1ccc(NCCCN2CCCC2)cc1Br. The number of benzene rings is 1. The third-order valence-corrected chi connectivity index (χ3v) is 3.71. The Morgan fingerprint density at radius 3 is 2.76 bits per heavy atom. The Balaban J connectivity index is 1.68. The monoisotopic (exact) mass is 300 g/mol. The molecule has 94 valence electrons. The molecule has 2 nitrogen and oxygen atoms in total. The number of nitrogens with one attached hydrogen (secondary N) is 1. The first-order valence-electron chi connectivity index (χ1n) is 6.17. The number of likely N-dealkylation sites (tertiary alicyclic amines) is 1. The molecule has 0 spiro atoms. The first-order chi connectivity index (χ1) is 8.25. The van der Waals surface area contributed by atoms with Crippen molar-refractivity contribution >= 4 is 21.6 Å². The Labute approximate surface area is 110 Å². The van der Waals surface area contributed by atoms with Gasteiger partial charge >= 0.3 is 0 Å². The van der Waals surface area contributed by atoms with Gasteiger partial charge in [-0.1, -0.05) is 0 Å². The Bertz CT molecular complexity index is 364. The average Bonchev–Trinajstić information content (AvgIpc) is 2.82. The molecule has 0 radical (unpaired) electrons. The van der Waals surface area contributed by atoms with Gasteiger partial charge in [0.05, 0.1) is 4.47 Å². The lowest BCUT2D eigenvalue weighted by Crippen LogP contribution is -2.22. The van der Waals surface area contributed by atoms with Crippen LogP contribution in [0.3, 0.4) is 0 Å². The molecular formula is C13H18BrFN2. The molecular weight excluding hydrogens is 283 g/mol. The molecule has 2 rings (SSSR count). The zero-order valence-corrected chi connectivity index (χ0v) is 11.5. The fourth-order valence-electron chi connectivity index (χ4n) is 2.15. The summed E-state index contributed by atoms with van der Waals surface area (Å²) in [6.07, 6.45) is 3.83. The fraction of sp³-hybridized carbons (Fsp3) is 0.538. The van der Waals surface area contributed by atoms with Gasteiger partial charge in [-0.25, -0.2) is 4.39 Å². The molecule has 1 saturated heterocycles. The summed E-state index contributed by atoms with van der Waals surface area (Å²) in [5.74, 6) is -0.215. The molecule has 1 heterocycles. The van der Waals surface area contributed by atoms with Crippen molar-refractivity contribution in [3.8, 4) is 0 Å². The summed E-state index contributed by atoms with van der Waals surface area (Å²) in [7, 11) is 0. The lowest BCUT2D eigenvalue weighted by molar-refractivity contribution is 0.337. The Kier molecular flexibility index (Phi) is 4.80. The van der Waals surface area contributed by atoms with Crippen LogP contribution in [0.1, 0.15) is 19.3 Å². The first-order valence-corrected chi connectivity index (χ1v) is 6.96. The van der Waals surface area contributed by atoms with Gasteiger partial charge in [0.25, 0.3) is 0 Å². The minimum Gasteiger partial charge on any atom is -0.385 e. The summed E-state index contributed by atoms with van der Waals surface area (Å²) in [6.45, 7) is 4.61. The van der Waals surface area contributed by atoms with E-state index in [0.29, 0.717) is 4.47 Å². The quantitative estimate of drug-likeness (QED) is 0.838. The molecule has 17 heavy (non-hydrogen) atoms. The average molecular weight is 301 g/mol. The lowest BCUT2D eigenvalue weighted by Gasteiger charge is -2.14. The molecule has 4 heteroatoms. The van der Waals surface area contributed by atoms with Crippen molar-refractivity contribution in [2.24, 2.45) is 0 Å². The summed E-state index contributed by atoms with van der Waals surface area (Å²) in [5, 5.41) is 3.31. The van der Waals surface area contributed by atoms with Crippen molar-refractivity contribution in [2.75, 3.05) is 31.5 Å². The third kappa shape index (κ3) is 3.96. The molecule has 0 atom stereocenters. The molecule has 1 fully saturated rings. The molecule has 0 unspecified atom stereocenters. The minimum absolute atomic E-state index is 0.215. The van der Waals surface area contributed by atoms with Gasteiger partial charge in [0.2, 0.25) is 0 Å². The van der Waals surface area contributed by atoms with Crippen LogP contribution < -0.4 is 5.32 Å². The highest BCUT2D eigenvalue weighted by molar-refractivity contribution is 9.10. The van der Waals surface area contributed by atoms with E-state index >= 15 is 0 Å². The highest BCUT2D eigenvalue weighted by Gasteiger charge is 2.09. The third-order valence-electron chi connectivity index (χ3n) is 3.10. The summed E-state index contributed by atoms with van der Waals surface area (Å²) >= 11 is 3.19. The first kappa shape index (κ1) is 12.8. The van der Waals surface area contributed by atoms with E-state index < -0.39 is 0 Å². The van der Waals surface area contributed by atoms with E-state index in [4.69, 9.17) is 0 Å². The van der Waals surface area contributed by atoms with Gasteiger partial charge in [-0.05, 0) is 73.0 Å². The number of nitrogens with zero attached hydrogens (tertiary/aromatic N) is 1. The van der Waals surface area contributed by atoms with Crippen LogP contribution in [-0.2, 0) is 0 Å². The number of anilines is 1. The summed E-state index contributed by atoms with van der Waals surface area (Å²) in [5.41, 5.74) is 0.972. The van der Waals surface area contributed by atoms with Gasteiger partial charge < -0.3 is 10.2 Å². The van der Waals surface area contributed by atoms with Gasteiger partial charge in [0.15, 0.2) is 0 Å². The van der Waals surface area contributed by atoms with Gasteiger partial charge in [-0.3, -0.25) is 0 Å². The number of halogens is 2. The van der Waals surface area contributed by atoms with Gasteiger partial charge in [-0.15, -0.1) is 0 Å². The summed E-state index contributed by atoms with van der Waals surface area (Å²) in [6, 6.07) is 5.04. The largest absolute Gasteiger partial charge is 0.385 e. The van der Waals surface area contributed by atoms with E-state index in [1.807, 2.05) is 0 Å². The van der Waals surface area contributed by atoms with Crippen molar-refractivity contribution in [3.63, 3.8) is 0 Å². The Morgan fingerprint density at radius 2 is 2.06 bits per heavy atom. The minimum atomic E-state index is -0.215. The van der Waals surface area contributed by atoms with Crippen molar-refractivity contribution in [3.05, 3.63) is 28.5 Å². The Morgan fingerprint density at radius 1 is 1.29 bits per heavy atom. The molecule has 0 aliphatic carbocycles. The molecule has 0 aromatic heterocycles. The summed E-state index contributed by atoms with van der Waals surface area (Å²) in [4.78, 5) is 2.50.